The molecule has 2 atom stereocenters. The van der Waals surface area contributed by atoms with Crippen LogP contribution in [0.3, 0.4) is 0 Å². The van der Waals surface area contributed by atoms with E-state index in [1.807, 2.05) is 6.07 Å². The van der Waals surface area contributed by atoms with Crippen LogP contribution in [0.15, 0.2) is 18.2 Å². The second-order valence-electron chi connectivity index (χ2n) is 5.70. The first-order valence-electron chi connectivity index (χ1n) is 7.03. The lowest BCUT2D eigenvalue weighted by Gasteiger charge is -2.47. The van der Waals surface area contributed by atoms with Gasteiger partial charge in [-0.3, -0.25) is 4.79 Å². The molecule has 3 rings (SSSR count). The fourth-order valence-corrected chi connectivity index (χ4v) is 3.17. The van der Waals surface area contributed by atoms with Crippen LogP contribution in [0, 0.1) is 5.92 Å². The molecule has 2 saturated heterocycles. The lowest BCUT2D eigenvalue weighted by atomic mass is 9.76. The number of hydrogen-bond donors (Lipinski definition) is 3. The Labute approximate surface area is 118 Å². The minimum absolute atomic E-state index is 0.198. The monoisotopic (exact) mass is 276 g/mol. The lowest BCUT2D eigenvalue weighted by Crippen LogP contribution is -2.59. The Morgan fingerprint density at radius 3 is 3.15 bits per heavy atom. The third kappa shape index (κ3) is 2.36. The number of aliphatic hydroxyl groups is 1. The molecule has 0 radical (unpaired) electrons. The number of nitrogens with zero attached hydrogens (tertiary/aromatic N) is 2. The fraction of sp³-hybridized carbons (Fsp3) is 0.571. The van der Waals surface area contributed by atoms with E-state index in [1.54, 1.807) is 12.1 Å². The molecule has 2 unspecified atom stereocenters. The van der Waals surface area contributed by atoms with Gasteiger partial charge in [0.05, 0.1) is 5.60 Å². The van der Waals surface area contributed by atoms with Crippen LogP contribution in [-0.4, -0.2) is 47.8 Å². The zero-order valence-corrected chi connectivity index (χ0v) is 11.4. The maximum Gasteiger partial charge on any atom is 0.267 e. The summed E-state index contributed by atoms with van der Waals surface area (Å²) in [6.45, 7) is 3.20. The zero-order chi connectivity index (χ0) is 14.2. The quantitative estimate of drug-likeness (QED) is 0.692. The van der Waals surface area contributed by atoms with Crippen LogP contribution < -0.4 is 16.0 Å². The molecule has 1 amide bonds. The number of aromatic nitrogens is 1. The molecule has 20 heavy (non-hydrogen) atoms. The molecule has 2 aliphatic rings. The number of amides is 1. The summed E-state index contributed by atoms with van der Waals surface area (Å²) in [5.74, 6) is 0.442. The van der Waals surface area contributed by atoms with Crippen LogP contribution in [0.25, 0.3) is 0 Å². The third-order valence-corrected chi connectivity index (χ3v) is 4.45. The standard InChI is InChI=1S/C14H20N4O2/c15-13(19)11-2-1-3-12(17-11)18-7-5-14(20)4-6-16-8-10(14)9-18/h1-3,10,16,20H,4-9H2,(H2,15,19). The first kappa shape index (κ1) is 13.3. The number of primary amides is 1. The Morgan fingerprint density at radius 2 is 2.35 bits per heavy atom. The number of nitrogens with two attached hydrogens (primary N) is 1. The second-order valence-corrected chi connectivity index (χ2v) is 5.70. The minimum Gasteiger partial charge on any atom is -0.389 e. The van der Waals surface area contributed by atoms with E-state index in [4.69, 9.17) is 5.73 Å². The maximum absolute atomic E-state index is 11.2. The van der Waals surface area contributed by atoms with Crippen LogP contribution >= 0.6 is 0 Å². The molecule has 2 aliphatic heterocycles. The number of hydrogen-bond acceptors (Lipinski definition) is 5. The van der Waals surface area contributed by atoms with Crippen LogP contribution in [-0.2, 0) is 0 Å². The molecular formula is C14H20N4O2. The summed E-state index contributed by atoms with van der Waals surface area (Å²) in [5, 5.41) is 14.0. The van der Waals surface area contributed by atoms with E-state index < -0.39 is 11.5 Å². The highest BCUT2D eigenvalue weighted by Gasteiger charge is 2.43. The summed E-state index contributed by atoms with van der Waals surface area (Å²) >= 11 is 0. The normalized spacial score (nSPS) is 29.9. The summed E-state index contributed by atoms with van der Waals surface area (Å²) in [4.78, 5) is 17.6. The third-order valence-electron chi connectivity index (χ3n) is 4.45. The molecule has 0 bridgehead atoms. The number of anilines is 1. The molecule has 4 N–H and O–H groups in total. The average molecular weight is 276 g/mol. The Morgan fingerprint density at radius 1 is 1.50 bits per heavy atom. The highest BCUT2D eigenvalue weighted by molar-refractivity contribution is 5.91. The van der Waals surface area contributed by atoms with Crippen molar-refractivity contribution in [2.45, 2.75) is 18.4 Å². The van der Waals surface area contributed by atoms with Crippen LogP contribution in [0.5, 0.6) is 0 Å². The van der Waals surface area contributed by atoms with Gasteiger partial charge in [-0.05, 0) is 31.5 Å². The van der Waals surface area contributed by atoms with Crippen molar-refractivity contribution in [1.29, 1.82) is 0 Å². The second kappa shape index (κ2) is 5.03. The average Bonchev–Trinajstić information content (AvgIpc) is 2.46. The van der Waals surface area contributed by atoms with Crippen molar-refractivity contribution in [2.24, 2.45) is 11.7 Å². The van der Waals surface area contributed by atoms with E-state index in [-0.39, 0.29) is 11.6 Å². The van der Waals surface area contributed by atoms with E-state index in [0.29, 0.717) is 0 Å². The molecular weight excluding hydrogens is 256 g/mol. The number of carbonyl (C=O) groups is 1. The molecule has 0 aromatic carbocycles. The van der Waals surface area contributed by atoms with Gasteiger partial charge in [0.15, 0.2) is 0 Å². The highest BCUT2D eigenvalue weighted by atomic mass is 16.3. The predicted octanol–water partition coefficient (Wildman–Crippen LogP) is -0.269. The highest BCUT2D eigenvalue weighted by Crippen LogP contribution is 2.34. The Bertz CT molecular complexity index is 522. The largest absolute Gasteiger partial charge is 0.389 e. The number of rotatable bonds is 2. The van der Waals surface area contributed by atoms with Crippen molar-refractivity contribution in [3.05, 3.63) is 23.9 Å². The van der Waals surface area contributed by atoms with Crippen molar-refractivity contribution < 1.29 is 9.90 Å². The summed E-state index contributed by atoms with van der Waals surface area (Å²) < 4.78 is 0. The van der Waals surface area contributed by atoms with E-state index >= 15 is 0 Å². The SMILES string of the molecule is NC(=O)c1cccc(N2CCC3(O)CCNCC3C2)n1. The van der Waals surface area contributed by atoms with Crippen molar-refractivity contribution >= 4 is 11.7 Å². The Balaban J connectivity index is 1.79. The smallest absolute Gasteiger partial charge is 0.267 e. The van der Waals surface area contributed by atoms with Crippen molar-refractivity contribution in [3.8, 4) is 0 Å². The van der Waals surface area contributed by atoms with Crippen molar-refractivity contribution in [1.82, 2.24) is 10.3 Å². The van der Waals surface area contributed by atoms with Gasteiger partial charge in [-0.15, -0.1) is 0 Å². The Hall–Kier alpha value is -1.66. The van der Waals surface area contributed by atoms with Gasteiger partial charge in [0.2, 0.25) is 0 Å². The van der Waals surface area contributed by atoms with Gasteiger partial charge in [-0.1, -0.05) is 6.07 Å². The number of carbonyl (C=O) groups excluding carboxylic acids is 1. The molecule has 108 valence electrons. The molecule has 6 nitrogen and oxygen atoms in total. The van der Waals surface area contributed by atoms with E-state index in [9.17, 15) is 9.90 Å². The molecule has 3 heterocycles. The van der Waals surface area contributed by atoms with Crippen LogP contribution in [0.1, 0.15) is 23.3 Å². The van der Waals surface area contributed by atoms with Gasteiger partial charge in [-0.25, -0.2) is 4.98 Å². The van der Waals surface area contributed by atoms with Gasteiger partial charge in [0.1, 0.15) is 11.5 Å². The van der Waals surface area contributed by atoms with Crippen molar-refractivity contribution in [2.75, 3.05) is 31.1 Å². The van der Waals surface area contributed by atoms with Gasteiger partial charge in [0.25, 0.3) is 5.91 Å². The minimum atomic E-state index is -0.553. The van der Waals surface area contributed by atoms with Gasteiger partial charge in [-0.2, -0.15) is 0 Å². The van der Waals surface area contributed by atoms with Crippen LogP contribution in [0.2, 0.25) is 0 Å². The molecule has 6 heteroatoms. The van der Waals surface area contributed by atoms with Crippen molar-refractivity contribution in [3.63, 3.8) is 0 Å². The number of pyridine rings is 1. The van der Waals surface area contributed by atoms with E-state index in [2.05, 4.69) is 15.2 Å². The predicted molar refractivity (Wildman–Crippen MR) is 75.5 cm³/mol. The van der Waals surface area contributed by atoms with Gasteiger partial charge >= 0.3 is 0 Å². The Kier molecular flexibility index (Phi) is 3.35. The van der Waals surface area contributed by atoms with Crippen LogP contribution in [0.4, 0.5) is 5.82 Å². The topological polar surface area (TPSA) is 91.5 Å². The summed E-state index contributed by atoms with van der Waals surface area (Å²) in [6, 6.07) is 5.30. The zero-order valence-electron chi connectivity index (χ0n) is 11.4. The number of piperidine rings is 2. The summed E-state index contributed by atoms with van der Waals surface area (Å²) in [6.07, 6.45) is 1.54. The van der Waals surface area contributed by atoms with Gasteiger partial charge < -0.3 is 21.1 Å². The maximum atomic E-state index is 11.2. The molecule has 1 aromatic rings. The molecule has 2 fully saturated rings. The summed E-state index contributed by atoms with van der Waals surface area (Å²) in [5.41, 5.74) is 5.00. The fourth-order valence-electron chi connectivity index (χ4n) is 3.17. The molecule has 0 aliphatic carbocycles. The summed E-state index contributed by atoms with van der Waals surface area (Å²) in [7, 11) is 0. The lowest BCUT2D eigenvalue weighted by molar-refractivity contribution is -0.0539. The molecule has 0 saturated carbocycles. The number of nitrogens with one attached hydrogen (secondary N) is 1. The molecule has 0 spiro atoms. The van der Waals surface area contributed by atoms with E-state index in [0.717, 1.165) is 44.8 Å². The first-order valence-corrected chi connectivity index (χ1v) is 7.03. The number of fused-ring (bicyclic) bond motifs is 1. The van der Waals surface area contributed by atoms with Gasteiger partial charge in [0, 0.05) is 25.6 Å². The van der Waals surface area contributed by atoms with E-state index in [1.165, 1.54) is 0 Å². The first-order chi connectivity index (χ1) is 9.58. The molecule has 1 aromatic heterocycles.